The van der Waals surface area contributed by atoms with Crippen molar-refractivity contribution >= 4 is 28.3 Å². The van der Waals surface area contributed by atoms with E-state index in [1.807, 2.05) is 13.2 Å². The van der Waals surface area contributed by atoms with E-state index in [4.69, 9.17) is 0 Å². The zero-order valence-corrected chi connectivity index (χ0v) is 11.4. The fraction of sp³-hybridized carbons (Fsp3) is 0.273. The number of rotatable bonds is 3. The fourth-order valence-electron chi connectivity index (χ4n) is 1.37. The molecule has 2 rings (SSSR count). The van der Waals surface area contributed by atoms with Crippen LogP contribution in [0.3, 0.4) is 0 Å². The Morgan fingerprint density at radius 2 is 2.25 bits per heavy atom. The van der Waals surface area contributed by atoms with Gasteiger partial charge in [-0.3, -0.25) is 4.68 Å². The highest BCUT2D eigenvalue weighted by atomic mass is 127. The van der Waals surface area contributed by atoms with Crippen molar-refractivity contribution in [1.29, 1.82) is 0 Å². The molecule has 0 aliphatic rings. The molecule has 4 nitrogen and oxygen atoms in total. The summed E-state index contributed by atoms with van der Waals surface area (Å²) in [5.41, 5.74) is 3.35. The van der Waals surface area contributed by atoms with E-state index in [0.717, 1.165) is 11.4 Å². The van der Waals surface area contributed by atoms with Gasteiger partial charge in [-0.05, 0) is 47.2 Å². The molecular formula is C11H13IN4. The van der Waals surface area contributed by atoms with E-state index in [1.54, 1.807) is 4.68 Å². The lowest BCUT2D eigenvalue weighted by atomic mass is 10.2. The summed E-state index contributed by atoms with van der Waals surface area (Å²) in [5, 5.41) is 11.2. The summed E-state index contributed by atoms with van der Waals surface area (Å²) in [7, 11) is 1.87. The largest absolute Gasteiger partial charge is 0.379 e. The van der Waals surface area contributed by atoms with E-state index in [1.165, 1.54) is 9.13 Å². The topological polar surface area (TPSA) is 42.7 Å². The quantitative estimate of drug-likeness (QED) is 0.880. The lowest BCUT2D eigenvalue weighted by molar-refractivity contribution is 0.713. The van der Waals surface area contributed by atoms with Crippen LogP contribution in [0.4, 0.5) is 5.69 Å². The third-order valence-electron chi connectivity index (χ3n) is 2.30. The molecule has 0 radical (unpaired) electrons. The van der Waals surface area contributed by atoms with E-state index in [-0.39, 0.29) is 0 Å². The monoisotopic (exact) mass is 328 g/mol. The van der Waals surface area contributed by atoms with Crippen LogP contribution in [0.5, 0.6) is 0 Å². The van der Waals surface area contributed by atoms with Gasteiger partial charge in [0.1, 0.15) is 5.69 Å². The molecule has 1 heterocycles. The highest BCUT2D eigenvalue weighted by Crippen LogP contribution is 2.17. The Kier molecular flexibility index (Phi) is 3.42. The van der Waals surface area contributed by atoms with Gasteiger partial charge in [0.25, 0.3) is 0 Å². The van der Waals surface area contributed by atoms with Gasteiger partial charge < -0.3 is 5.32 Å². The van der Waals surface area contributed by atoms with Gasteiger partial charge in [0.05, 0.1) is 6.54 Å². The molecule has 1 N–H and O–H groups in total. The van der Waals surface area contributed by atoms with E-state index < -0.39 is 0 Å². The van der Waals surface area contributed by atoms with E-state index in [9.17, 15) is 0 Å². The van der Waals surface area contributed by atoms with Crippen molar-refractivity contribution in [2.45, 2.75) is 13.5 Å². The lowest BCUT2D eigenvalue weighted by Crippen LogP contribution is -2.00. The minimum Gasteiger partial charge on any atom is -0.379 e. The Labute approximate surface area is 108 Å². The summed E-state index contributed by atoms with van der Waals surface area (Å²) < 4.78 is 2.97. The van der Waals surface area contributed by atoms with Crippen LogP contribution in [0.2, 0.25) is 0 Å². The summed E-state index contributed by atoms with van der Waals surface area (Å²) >= 11 is 2.34. The lowest BCUT2D eigenvalue weighted by Gasteiger charge is -2.05. The molecule has 2 aromatic rings. The number of nitrogens with zero attached hydrogens (tertiary/aromatic N) is 3. The van der Waals surface area contributed by atoms with Crippen LogP contribution in [0, 0.1) is 10.5 Å². The van der Waals surface area contributed by atoms with Crippen molar-refractivity contribution in [2.24, 2.45) is 7.05 Å². The van der Waals surface area contributed by atoms with Gasteiger partial charge in [0, 0.05) is 22.5 Å². The summed E-state index contributed by atoms with van der Waals surface area (Å²) in [4.78, 5) is 0. The first-order chi connectivity index (χ1) is 7.65. The molecule has 0 saturated carbocycles. The van der Waals surface area contributed by atoms with Gasteiger partial charge in [-0.1, -0.05) is 11.3 Å². The van der Waals surface area contributed by atoms with Crippen molar-refractivity contribution in [3.8, 4) is 0 Å². The second-order valence-electron chi connectivity index (χ2n) is 3.70. The fourth-order valence-corrected chi connectivity index (χ4v) is 1.89. The van der Waals surface area contributed by atoms with Crippen LogP contribution < -0.4 is 5.32 Å². The first kappa shape index (κ1) is 11.4. The van der Waals surface area contributed by atoms with Gasteiger partial charge in [0.2, 0.25) is 0 Å². The smallest absolute Gasteiger partial charge is 0.102 e. The number of hydrogen-bond acceptors (Lipinski definition) is 3. The van der Waals surface area contributed by atoms with Gasteiger partial charge in [-0.25, -0.2) is 0 Å². The SMILES string of the molecule is Cc1ccc(NCc2cn(C)nn2)cc1I. The number of aryl methyl sites for hydroxylation is 2. The third kappa shape index (κ3) is 2.72. The van der Waals surface area contributed by atoms with Crippen molar-refractivity contribution < 1.29 is 0 Å². The zero-order valence-electron chi connectivity index (χ0n) is 9.24. The molecule has 0 amide bonds. The number of aromatic nitrogens is 3. The zero-order chi connectivity index (χ0) is 11.5. The van der Waals surface area contributed by atoms with Crippen molar-refractivity contribution in [1.82, 2.24) is 15.0 Å². The molecule has 0 aliphatic heterocycles. The molecule has 16 heavy (non-hydrogen) atoms. The van der Waals surface area contributed by atoms with Crippen LogP contribution in [-0.4, -0.2) is 15.0 Å². The van der Waals surface area contributed by atoms with E-state index >= 15 is 0 Å². The average Bonchev–Trinajstić information content (AvgIpc) is 2.66. The molecule has 0 aliphatic carbocycles. The summed E-state index contributed by atoms with van der Waals surface area (Å²) in [6.45, 7) is 2.81. The minimum atomic E-state index is 0.701. The predicted molar refractivity (Wildman–Crippen MR) is 72.2 cm³/mol. The standard InChI is InChI=1S/C11H13IN4/c1-8-3-4-9(5-11(8)12)13-6-10-7-16(2)15-14-10/h3-5,7,13H,6H2,1-2H3. The maximum Gasteiger partial charge on any atom is 0.102 e. The van der Waals surface area contributed by atoms with Crippen LogP contribution in [0.15, 0.2) is 24.4 Å². The molecule has 0 atom stereocenters. The Balaban J connectivity index is 2.02. The Bertz CT molecular complexity index is 492. The average molecular weight is 328 g/mol. The van der Waals surface area contributed by atoms with Gasteiger partial charge in [-0.2, -0.15) is 0 Å². The normalized spacial score (nSPS) is 10.4. The summed E-state index contributed by atoms with van der Waals surface area (Å²) in [6.07, 6.45) is 1.91. The van der Waals surface area contributed by atoms with Crippen LogP contribution >= 0.6 is 22.6 Å². The summed E-state index contributed by atoms with van der Waals surface area (Å²) in [5.74, 6) is 0. The molecule has 1 aromatic carbocycles. The van der Waals surface area contributed by atoms with Crippen molar-refractivity contribution in [2.75, 3.05) is 5.32 Å². The van der Waals surface area contributed by atoms with Crippen LogP contribution in [0.25, 0.3) is 0 Å². The highest BCUT2D eigenvalue weighted by Gasteiger charge is 2.00. The highest BCUT2D eigenvalue weighted by molar-refractivity contribution is 14.1. The molecule has 84 valence electrons. The molecule has 0 bridgehead atoms. The molecular weight excluding hydrogens is 315 g/mol. The van der Waals surface area contributed by atoms with Crippen LogP contribution in [-0.2, 0) is 13.6 Å². The predicted octanol–water partition coefficient (Wildman–Crippen LogP) is 2.34. The Morgan fingerprint density at radius 3 is 2.88 bits per heavy atom. The Morgan fingerprint density at radius 1 is 1.44 bits per heavy atom. The maximum absolute atomic E-state index is 4.02. The van der Waals surface area contributed by atoms with Gasteiger partial charge >= 0.3 is 0 Å². The first-order valence-corrected chi connectivity index (χ1v) is 6.08. The molecule has 0 spiro atoms. The summed E-state index contributed by atoms with van der Waals surface area (Å²) in [6, 6.07) is 6.32. The first-order valence-electron chi connectivity index (χ1n) is 5.00. The minimum absolute atomic E-state index is 0.701. The molecule has 5 heteroatoms. The molecule has 0 fully saturated rings. The van der Waals surface area contributed by atoms with Crippen molar-refractivity contribution in [3.05, 3.63) is 39.2 Å². The number of anilines is 1. The molecule has 0 unspecified atom stereocenters. The van der Waals surface area contributed by atoms with Gasteiger partial charge in [-0.15, -0.1) is 5.10 Å². The van der Waals surface area contributed by atoms with E-state index in [0.29, 0.717) is 6.54 Å². The second-order valence-corrected chi connectivity index (χ2v) is 4.86. The molecule has 0 saturated heterocycles. The number of halogens is 1. The Hall–Kier alpha value is -1.11. The number of hydrogen-bond donors (Lipinski definition) is 1. The molecule has 1 aromatic heterocycles. The second kappa shape index (κ2) is 4.82. The number of nitrogens with one attached hydrogen (secondary N) is 1. The third-order valence-corrected chi connectivity index (χ3v) is 3.46. The van der Waals surface area contributed by atoms with Crippen molar-refractivity contribution in [3.63, 3.8) is 0 Å². The van der Waals surface area contributed by atoms with Crippen LogP contribution in [0.1, 0.15) is 11.3 Å². The van der Waals surface area contributed by atoms with Gasteiger partial charge in [0.15, 0.2) is 0 Å². The number of benzene rings is 1. The maximum atomic E-state index is 4.02. The van der Waals surface area contributed by atoms with E-state index in [2.05, 4.69) is 63.3 Å².